The smallest absolute Gasteiger partial charge is 0.101 e. The average Bonchev–Trinajstić information content (AvgIpc) is 2.94. The second kappa shape index (κ2) is 3.92. The van der Waals surface area contributed by atoms with Crippen molar-refractivity contribution < 1.29 is 0 Å². The minimum atomic E-state index is 0.657. The lowest BCUT2D eigenvalue weighted by molar-refractivity contribution is 1.47. The summed E-state index contributed by atoms with van der Waals surface area (Å²) in [5.74, 6) is 0. The van der Waals surface area contributed by atoms with Gasteiger partial charge in [-0.1, -0.05) is 11.6 Å². The highest BCUT2D eigenvalue weighted by atomic mass is 35.5. The molecule has 3 aromatic rings. The molecule has 0 unspecified atom stereocenters. The molecule has 2 aromatic heterocycles. The van der Waals surface area contributed by atoms with Crippen LogP contribution in [0, 0.1) is 11.3 Å². The molecule has 0 aliphatic heterocycles. The van der Waals surface area contributed by atoms with Gasteiger partial charge in [0, 0.05) is 28.2 Å². The van der Waals surface area contributed by atoms with E-state index in [-0.39, 0.29) is 0 Å². The molecule has 0 aliphatic carbocycles. The predicted molar refractivity (Wildman–Crippen MR) is 71.3 cm³/mol. The number of aromatic amines is 1. The summed E-state index contributed by atoms with van der Waals surface area (Å²) >= 11 is 7.65. The fourth-order valence-corrected chi connectivity index (χ4v) is 2.85. The maximum atomic E-state index is 8.93. The lowest BCUT2D eigenvalue weighted by Crippen LogP contribution is -1.75. The Morgan fingerprint density at radius 1 is 1.24 bits per heavy atom. The lowest BCUT2D eigenvalue weighted by atomic mass is 10.1. The van der Waals surface area contributed by atoms with Gasteiger partial charge in [0.25, 0.3) is 0 Å². The topological polar surface area (TPSA) is 39.6 Å². The number of fused-ring (bicyclic) bond motifs is 1. The molecule has 2 heterocycles. The summed E-state index contributed by atoms with van der Waals surface area (Å²) in [5, 5.41) is 11.9. The lowest BCUT2D eigenvalue weighted by Gasteiger charge is -1.97. The highest BCUT2D eigenvalue weighted by Gasteiger charge is 2.10. The van der Waals surface area contributed by atoms with E-state index in [0.29, 0.717) is 5.56 Å². The van der Waals surface area contributed by atoms with Crippen LogP contribution in [-0.4, -0.2) is 4.98 Å². The third-order valence-corrected chi connectivity index (χ3v) is 3.89. The second-order valence-electron chi connectivity index (χ2n) is 3.68. The summed E-state index contributed by atoms with van der Waals surface area (Å²) in [5.41, 5.74) is 3.73. The molecule has 2 nitrogen and oxygen atoms in total. The van der Waals surface area contributed by atoms with Gasteiger partial charge in [-0.05, 0) is 29.6 Å². The molecule has 1 N–H and O–H groups in total. The molecule has 1 aromatic carbocycles. The molecule has 4 heteroatoms. The first-order valence-corrected chi connectivity index (χ1v) is 6.30. The van der Waals surface area contributed by atoms with Gasteiger partial charge in [0.15, 0.2) is 0 Å². The van der Waals surface area contributed by atoms with Crippen LogP contribution in [0.5, 0.6) is 0 Å². The van der Waals surface area contributed by atoms with Crippen molar-refractivity contribution in [3.05, 3.63) is 45.7 Å². The number of nitriles is 1. The predicted octanol–water partition coefficient (Wildman–Crippen LogP) is 4.42. The van der Waals surface area contributed by atoms with Gasteiger partial charge >= 0.3 is 0 Å². The number of rotatable bonds is 1. The van der Waals surface area contributed by atoms with Crippen LogP contribution in [0.15, 0.2) is 35.8 Å². The number of hydrogen-bond donors (Lipinski definition) is 1. The Labute approximate surface area is 107 Å². The number of halogens is 1. The Kier molecular flexibility index (Phi) is 2.40. The fraction of sp³-hybridized carbons (Fsp3) is 0. The summed E-state index contributed by atoms with van der Waals surface area (Å²) in [4.78, 5) is 3.19. The van der Waals surface area contributed by atoms with Crippen LogP contribution in [0.2, 0.25) is 4.34 Å². The Balaban J connectivity index is 2.31. The average molecular weight is 259 g/mol. The molecule has 3 rings (SSSR count). The minimum Gasteiger partial charge on any atom is -0.361 e. The number of aromatic nitrogens is 1. The van der Waals surface area contributed by atoms with Crippen molar-refractivity contribution in [2.24, 2.45) is 0 Å². The van der Waals surface area contributed by atoms with E-state index in [0.717, 1.165) is 26.4 Å². The van der Waals surface area contributed by atoms with E-state index >= 15 is 0 Å². The molecule has 0 saturated carbocycles. The van der Waals surface area contributed by atoms with Gasteiger partial charge in [-0.2, -0.15) is 5.26 Å². The summed E-state index contributed by atoms with van der Waals surface area (Å²) in [6.45, 7) is 0. The zero-order valence-electron chi connectivity index (χ0n) is 8.70. The van der Waals surface area contributed by atoms with E-state index < -0.39 is 0 Å². The zero-order valence-corrected chi connectivity index (χ0v) is 10.3. The SMILES string of the molecule is N#Cc1ccc2[nH]cc(-c3ccsc3Cl)c2c1. The van der Waals surface area contributed by atoms with E-state index in [1.54, 1.807) is 6.07 Å². The third kappa shape index (κ3) is 1.62. The number of nitrogens with zero attached hydrogens (tertiary/aromatic N) is 1. The van der Waals surface area contributed by atoms with Crippen molar-refractivity contribution in [2.75, 3.05) is 0 Å². The van der Waals surface area contributed by atoms with Gasteiger partial charge in [0.2, 0.25) is 0 Å². The maximum Gasteiger partial charge on any atom is 0.101 e. The van der Waals surface area contributed by atoms with Crippen LogP contribution in [0.3, 0.4) is 0 Å². The fourth-order valence-electron chi connectivity index (χ4n) is 1.90. The van der Waals surface area contributed by atoms with E-state index in [9.17, 15) is 0 Å². The molecule has 0 amide bonds. The summed E-state index contributed by atoms with van der Waals surface area (Å²) in [7, 11) is 0. The monoisotopic (exact) mass is 258 g/mol. The van der Waals surface area contributed by atoms with Crippen molar-refractivity contribution in [3.63, 3.8) is 0 Å². The first kappa shape index (κ1) is 10.4. The van der Waals surface area contributed by atoms with E-state index in [1.807, 2.05) is 29.8 Å². The normalized spacial score (nSPS) is 10.6. The molecule has 82 valence electrons. The van der Waals surface area contributed by atoms with E-state index in [1.165, 1.54) is 11.3 Å². The Bertz CT molecular complexity index is 733. The molecule has 0 radical (unpaired) electrons. The van der Waals surface area contributed by atoms with Gasteiger partial charge < -0.3 is 4.98 Å². The van der Waals surface area contributed by atoms with Crippen LogP contribution in [0.25, 0.3) is 22.0 Å². The summed E-state index contributed by atoms with van der Waals surface area (Å²) in [6.07, 6.45) is 1.93. The van der Waals surface area contributed by atoms with Gasteiger partial charge in [-0.25, -0.2) is 0 Å². The van der Waals surface area contributed by atoms with Crippen LogP contribution in [0.1, 0.15) is 5.56 Å². The first-order chi connectivity index (χ1) is 8.29. The molecule has 0 fully saturated rings. The maximum absolute atomic E-state index is 8.93. The highest BCUT2D eigenvalue weighted by Crippen LogP contribution is 2.36. The number of H-pyrrole nitrogens is 1. The van der Waals surface area contributed by atoms with Gasteiger partial charge in [0.1, 0.15) is 4.34 Å². The largest absolute Gasteiger partial charge is 0.361 e. The number of hydrogen-bond acceptors (Lipinski definition) is 2. The molecule has 0 aliphatic rings. The number of thiophene rings is 1. The van der Waals surface area contributed by atoms with Crippen LogP contribution < -0.4 is 0 Å². The Morgan fingerprint density at radius 2 is 2.12 bits per heavy atom. The molecular formula is C13H7ClN2S. The van der Waals surface area contributed by atoms with Gasteiger partial charge in [-0.15, -0.1) is 11.3 Å². The van der Waals surface area contributed by atoms with Crippen LogP contribution in [0.4, 0.5) is 0 Å². The second-order valence-corrected chi connectivity index (χ2v) is 5.20. The highest BCUT2D eigenvalue weighted by molar-refractivity contribution is 7.15. The van der Waals surface area contributed by atoms with Crippen molar-refractivity contribution in [1.82, 2.24) is 4.98 Å². The van der Waals surface area contributed by atoms with Crippen molar-refractivity contribution >= 4 is 33.8 Å². The molecular weight excluding hydrogens is 252 g/mol. The zero-order chi connectivity index (χ0) is 11.8. The Hall–Kier alpha value is -1.76. The van der Waals surface area contributed by atoms with Crippen molar-refractivity contribution in [2.45, 2.75) is 0 Å². The quantitative estimate of drug-likeness (QED) is 0.689. The van der Waals surface area contributed by atoms with Gasteiger partial charge in [0.05, 0.1) is 11.6 Å². The molecule has 0 atom stereocenters. The van der Waals surface area contributed by atoms with Crippen LogP contribution >= 0.6 is 22.9 Å². The number of benzene rings is 1. The minimum absolute atomic E-state index is 0.657. The number of nitrogens with one attached hydrogen (secondary N) is 1. The van der Waals surface area contributed by atoms with E-state index in [4.69, 9.17) is 16.9 Å². The van der Waals surface area contributed by atoms with Crippen molar-refractivity contribution in [3.8, 4) is 17.2 Å². The Morgan fingerprint density at radius 3 is 2.82 bits per heavy atom. The summed E-state index contributed by atoms with van der Waals surface area (Å²) in [6, 6.07) is 9.75. The summed E-state index contributed by atoms with van der Waals surface area (Å²) < 4.78 is 0.772. The third-order valence-electron chi connectivity index (χ3n) is 2.72. The van der Waals surface area contributed by atoms with E-state index in [2.05, 4.69) is 11.1 Å². The van der Waals surface area contributed by atoms with Crippen molar-refractivity contribution in [1.29, 1.82) is 5.26 Å². The standard InChI is InChI=1S/C13H7ClN2S/c14-13-9(3-4-17-13)11-7-16-12-2-1-8(6-15)5-10(11)12/h1-5,7,16H. The first-order valence-electron chi connectivity index (χ1n) is 5.04. The van der Waals surface area contributed by atoms with Crippen LogP contribution in [-0.2, 0) is 0 Å². The molecule has 0 spiro atoms. The molecule has 17 heavy (non-hydrogen) atoms. The molecule has 0 saturated heterocycles. The van der Waals surface area contributed by atoms with Gasteiger partial charge in [-0.3, -0.25) is 0 Å². The molecule has 0 bridgehead atoms.